The van der Waals surface area contributed by atoms with Gasteiger partial charge in [0.15, 0.2) is 0 Å². The van der Waals surface area contributed by atoms with Crippen molar-refractivity contribution in [3.05, 3.63) is 60.2 Å². The van der Waals surface area contributed by atoms with E-state index in [1.54, 1.807) is 11.1 Å². The third-order valence-corrected chi connectivity index (χ3v) is 5.67. The topological polar surface area (TPSA) is 69.6 Å². The van der Waals surface area contributed by atoms with Crippen LogP contribution in [-0.2, 0) is 11.3 Å². The third kappa shape index (κ3) is 7.14. The van der Waals surface area contributed by atoms with E-state index in [9.17, 15) is 9.59 Å². The van der Waals surface area contributed by atoms with Crippen LogP contribution in [0.1, 0.15) is 48.7 Å². The zero-order valence-electron chi connectivity index (χ0n) is 18.4. The summed E-state index contributed by atoms with van der Waals surface area (Å²) in [6, 6.07) is 10.4. The number of hydrogen-bond donors (Lipinski definition) is 0. The van der Waals surface area contributed by atoms with Gasteiger partial charge in [-0.3, -0.25) is 19.5 Å². The average molecular weight is 424 g/mol. The van der Waals surface area contributed by atoms with E-state index < -0.39 is 0 Å². The normalized spacial score (nSPS) is 14.4. The quantitative estimate of drug-likeness (QED) is 0.550. The first-order chi connectivity index (χ1) is 15.2. The van der Waals surface area contributed by atoms with Crippen LogP contribution >= 0.6 is 0 Å². The van der Waals surface area contributed by atoms with Crippen LogP contribution in [0.4, 0.5) is 0 Å². The lowest BCUT2D eigenvalue weighted by atomic mass is 10.2. The van der Waals surface area contributed by atoms with Crippen molar-refractivity contribution in [1.82, 2.24) is 24.7 Å². The highest BCUT2D eigenvalue weighted by Crippen LogP contribution is 2.11. The van der Waals surface area contributed by atoms with E-state index in [-0.39, 0.29) is 11.8 Å². The molecule has 0 bridgehead atoms. The van der Waals surface area contributed by atoms with Gasteiger partial charge >= 0.3 is 0 Å². The number of rotatable bonds is 10. The summed E-state index contributed by atoms with van der Waals surface area (Å²) in [7, 11) is 0. The molecular weight excluding hydrogens is 390 g/mol. The Labute approximate surface area is 185 Å². The smallest absolute Gasteiger partial charge is 0.274 e. The predicted molar refractivity (Wildman–Crippen MR) is 120 cm³/mol. The highest BCUT2D eigenvalue weighted by Gasteiger charge is 2.23. The van der Waals surface area contributed by atoms with Crippen molar-refractivity contribution in [3.63, 3.8) is 0 Å². The van der Waals surface area contributed by atoms with E-state index in [4.69, 9.17) is 0 Å². The van der Waals surface area contributed by atoms with Crippen molar-refractivity contribution in [1.29, 1.82) is 0 Å². The van der Waals surface area contributed by atoms with Gasteiger partial charge in [-0.15, -0.1) is 0 Å². The fraction of sp³-hybridized carbons (Fsp3) is 0.500. The molecule has 1 aliphatic rings. The number of carbonyl (C=O) groups is 2. The van der Waals surface area contributed by atoms with Crippen LogP contribution in [0.2, 0.25) is 0 Å². The van der Waals surface area contributed by atoms with Crippen LogP contribution in [0.25, 0.3) is 0 Å². The molecule has 0 unspecified atom stereocenters. The molecule has 1 saturated heterocycles. The molecule has 7 heteroatoms. The van der Waals surface area contributed by atoms with Crippen molar-refractivity contribution >= 4 is 11.8 Å². The first kappa shape index (κ1) is 22.9. The number of aromatic nitrogens is 2. The Morgan fingerprint density at radius 1 is 1.00 bits per heavy atom. The maximum absolute atomic E-state index is 12.8. The van der Waals surface area contributed by atoms with Gasteiger partial charge in [-0.1, -0.05) is 50.1 Å². The van der Waals surface area contributed by atoms with Crippen molar-refractivity contribution in [2.24, 2.45) is 0 Å². The largest absolute Gasteiger partial charge is 0.340 e. The van der Waals surface area contributed by atoms with Crippen molar-refractivity contribution in [2.75, 3.05) is 39.3 Å². The molecule has 2 heterocycles. The van der Waals surface area contributed by atoms with Crippen molar-refractivity contribution < 1.29 is 9.59 Å². The SMILES string of the molecule is CCCCCN(CCC(=O)N1CCN(Cc2ccccc2)CC1)C(=O)c1cnccn1. The summed E-state index contributed by atoms with van der Waals surface area (Å²) < 4.78 is 0. The van der Waals surface area contributed by atoms with E-state index >= 15 is 0 Å². The second-order valence-corrected chi connectivity index (χ2v) is 7.98. The first-order valence-corrected chi connectivity index (χ1v) is 11.3. The summed E-state index contributed by atoms with van der Waals surface area (Å²) in [6.07, 6.45) is 7.98. The van der Waals surface area contributed by atoms with Gasteiger partial charge in [-0.25, -0.2) is 4.98 Å². The summed E-state index contributed by atoms with van der Waals surface area (Å²) in [6.45, 7) is 7.33. The number of amides is 2. The molecule has 3 rings (SSSR count). The van der Waals surface area contributed by atoms with E-state index in [2.05, 4.69) is 46.1 Å². The summed E-state index contributed by atoms with van der Waals surface area (Å²) in [5, 5.41) is 0. The first-order valence-electron chi connectivity index (χ1n) is 11.3. The summed E-state index contributed by atoms with van der Waals surface area (Å²) in [4.78, 5) is 39.8. The number of carbonyl (C=O) groups excluding carboxylic acids is 2. The van der Waals surface area contributed by atoms with Crippen LogP contribution in [0.5, 0.6) is 0 Å². The number of hydrogen-bond acceptors (Lipinski definition) is 5. The second kappa shape index (κ2) is 12.2. The number of piperazine rings is 1. The van der Waals surface area contributed by atoms with E-state index in [0.29, 0.717) is 25.2 Å². The monoisotopic (exact) mass is 423 g/mol. The van der Waals surface area contributed by atoms with Gasteiger partial charge in [0.05, 0.1) is 6.20 Å². The average Bonchev–Trinajstić information content (AvgIpc) is 2.82. The molecule has 31 heavy (non-hydrogen) atoms. The lowest BCUT2D eigenvalue weighted by Crippen LogP contribution is -2.49. The Balaban J connectivity index is 1.48. The molecule has 0 N–H and O–H groups in total. The van der Waals surface area contributed by atoms with Crippen LogP contribution in [0.15, 0.2) is 48.9 Å². The Hall–Kier alpha value is -2.80. The molecule has 0 aliphatic carbocycles. The lowest BCUT2D eigenvalue weighted by Gasteiger charge is -2.35. The Morgan fingerprint density at radius 3 is 2.45 bits per heavy atom. The fourth-order valence-electron chi connectivity index (χ4n) is 3.82. The maximum Gasteiger partial charge on any atom is 0.274 e. The van der Waals surface area contributed by atoms with E-state index in [1.165, 1.54) is 18.0 Å². The molecule has 1 aromatic carbocycles. The zero-order chi connectivity index (χ0) is 21.9. The lowest BCUT2D eigenvalue weighted by molar-refractivity contribution is -0.133. The maximum atomic E-state index is 12.8. The summed E-state index contributed by atoms with van der Waals surface area (Å²) in [5.74, 6) is -0.0310. The molecule has 166 valence electrons. The van der Waals surface area contributed by atoms with Crippen molar-refractivity contribution in [3.8, 4) is 0 Å². The summed E-state index contributed by atoms with van der Waals surface area (Å²) >= 11 is 0. The molecule has 7 nitrogen and oxygen atoms in total. The van der Waals surface area contributed by atoms with Gasteiger partial charge in [0.25, 0.3) is 5.91 Å². The Bertz CT molecular complexity index is 807. The van der Waals surface area contributed by atoms with Gasteiger partial charge in [-0.05, 0) is 12.0 Å². The van der Waals surface area contributed by atoms with E-state index in [0.717, 1.165) is 52.0 Å². The molecule has 0 spiro atoms. The van der Waals surface area contributed by atoms with Gasteiger partial charge < -0.3 is 9.80 Å². The van der Waals surface area contributed by atoms with Gasteiger partial charge in [0.1, 0.15) is 5.69 Å². The minimum Gasteiger partial charge on any atom is -0.340 e. The molecular formula is C24H33N5O2. The number of unbranched alkanes of at least 4 members (excludes halogenated alkanes) is 2. The molecule has 1 aromatic heterocycles. The predicted octanol–water partition coefficient (Wildman–Crippen LogP) is 2.84. The molecule has 1 aliphatic heterocycles. The highest BCUT2D eigenvalue weighted by molar-refractivity contribution is 5.92. The van der Waals surface area contributed by atoms with Crippen LogP contribution in [-0.4, -0.2) is 75.8 Å². The van der Waals surface area contributed by atoms with Gasteiger partial charge in [0, 0.05) is 64.6 Å². The molecule has 0 saturated carbocycles. The molecule has 1 fully saturated rings. The molecule has 0 radical (unpaired) electrons. The highest BCUT2D eigenvalue weighted by atomic mass is 16.2. The standard InChI is InChI=1S/C24H33N5O2/c1-2-3-7-13-29(24(31)22-19-25-11-12-26-22)14-10-23(30)28-17-15-27(16-18-28)20-21-8-5-4-6-9-21/h4-6,8-9,11-12,19H,2-3,7,10,13-18,20H2,1H3. The Kier molecular flexibility index (Phi) is 8.97. The fourth-order valence-corrected chi connectivity index (χ4v) is 3.82. The second-order valence-electron chi connectivity index (χ2n) is 7.98. The molecule has 2 aromatic rings. The van der Waals surface area contributed by atoms with Gasteiger partial charge in [-0.2, -0.15) is 0 Å². The van der Waals surface area contributed by atoms with Gasteiger partial charge in [0.2, 0.25) is 5.91 Å². The van der Waals surface area contributed by atoms with Crippen molar-refractivity contribution in [2.45, 2.75) is 39.2 Å². The molecule has 2 amide bonds. The number of benzene rings is 1. The molecule has 0 atom stereocenters. The zero-order valence-corrected chi connectivity index (χ0v) is 18.4. The third-order valence-electron chi connectivity index (χ3n) is 5.67. The minimum atomic E-state index is -0.148. The van der Waals surface area contributed by atoms with Crippen LogP contribution in [0.3, 0.4) is 0 Å². The minimum absolute atomic E-state index is 0.117. The van der Waals surface area contributed by atoms with Crippen LogP contribution < -0.4 is 0 Å². The van der Waals surface area contributed by atoms with Crippen LogP contribution in [0, 0.1) is 0 Å². The Morgan fingerprint density at radius 2 is 1.77 bits per heavy atom. The number of nitrogens with zero attached hydrogens (tertiary/aromatic N) is 5. The summed E-state index contributed by atoms with van der Waals surface area (Å²) in [5.41, 5.74) is 1.63. The van der Waals surface area contributed by atoms with E-state index in [1.807, 2.05) is 11.0 Å².